The number of hydrogen-bond donors (Lipinski definition) is 2. The van der Waals surface area contributed by atoms with Gasteiger partial charge in [0.25, 0.3) is 0 Å². The van der Waals surface area contributed by atoms with Crippen LogP contribution >= 0.6 is 11.3 Å². The van der Waals surface area contributed by atoms with E-state index in [4.69, 9.17) is 5.73 Å². The third kappa shape index (κ3) is 5.42. The molecule has 34 heavy (non-hydrogen) atoms. The molecule has 0 aliphatic carbocycles. The average Bonchev–Trinajstić information content (AvgIpc) is 3.26. The van der Waals surface area contributed by atoms with Crippen molar-refractivity contribution in [2.45, 2.75) is 44.6 Å². The van der Waals surface area contributed by atoms with Crippen molar-refractivity contribution < 1.29 is 4.79 Å². The zero-order valence-electron chi connectivity index (χ0n) is 19.6. The molecule has 1 aromatic heterocycles. The molecule has 2 aromatic carbocycles. The van der Waals surface area contributed by atoms with Gasteiger partial charge < -0.3 is 20.9 Å². The summed E-state index contributed by atoms with van der Waals surface area (Å²) < 4.78 is 0. The van der Waals surface area contributed by atoms with Crippen LogP contribution in [0.15, 0.2) is 54.6 Å². The Balaban J connectivity index is 1.16. The van der Waals surface area contributed by atoms with Crippen molar-refractivity contribution in [3.63, 3.8) is 0 Å². The largest absolute Gasteiger partial charge is 0.382 e. The van der Waals surface area contributed by atoms with Gasteiger partial charge in [0.1, 0.15) is 10.7 Å². The van der Waals surface area contributed by atoms with Crippen molar-refractivity contribution in [2.24, 2.45) is 0 Å². The van der Waals surface area contributed by atoms with Crippen LogP contribution in [0.3, 0.4) is 0 Å². The van der Waals surface area contributed by atoms with E-state index in [-0.39, 0.29) is 5.78 Å². The maximum absolute atomic E-state index is 12.7. The number of benzene rings is 2. The Morgan fingerprint density at radius 2 is 1.68 bits per heavy atom. The molecule has 0 bridgehead atoms. The van der Waals surface area contributed by atoms with Crippen LogP contribution in [0.4, 0.5) is 22.3 Å². The monoisotopic (exact) mass is 475 g/mol. The van der Waals surface area contributed by atoms with Gasteiger partial charge in [0.05, 0.1) is 0 Å². The fourth-order valence-electron chi connectivity index (χ4n) is 5.10. The van der Waals surface area contributed by atoms with Gasteiger partial charge in [-0.15, -0.1) is 0 Å². The topological polar surface area (TPSA) is 74.5 Å². The highest BCUT2D eigenvalue weighted by Crippen LogP contribution is 2.30. The van der Waals surface area contributed by atoms with E-state index in [9.17, 15) is 4.79 Å². The summed E-state index contributed by atoms with van der Waals surface area (Å²) >= 11 is 1.32. The van der Waals surface area contributed by atoms with Crippen LogP contribution in [0.25, 0.3) is 0 Å². The second-order valence-electron chi connectivity index (χ2n) is 9.31. The molecule has 0 unspecified atom stereocenters. The summed E-state index contributed by atoms with van der Waals surface area (Å²) in [6.45, 7) is 4.80. The number of nitrogens with two attached hydrogens (primary N) is 1. The highest BCUT2D eigenvalue weighted by Gasteiger charge is 2.25. The maximum atomic E-state index is 12.7. The van der Waals surface area contributed by atoms with Crippen LogP contribution in [-0.2, 0) is 6.42 Å². The van der Waals surface area contributed by atoms with E-state index in [1.54, 1.807) is 0 Å². The molecule has 0 atom stereocenters. The van der Waals surface area contributed by atoms with Crippen molar-refractivity contribution in [1.29, 1.82) is 0 Å². The van der Waals surface area contributed by atoms with Gasteiger partial charge >= 0.3 is 0 Å². The van der Waals surface area contributed by atoms with Gasteiger partial charge in [0, 0.05) is 36.9 Å². The van der Waals surface area contributed by atoms with Crippen molar-refractivity contribution in [1.82, 2.24) is 9.88 Å². The second kappa shape index (κ2) is 10.6. The molecule has 6 nitrogen and oxygen atoms in total. The number of ketones is 1. The van der Waals surface area contributed by atoms with Gasteiger partial charge in [-0.25, -0.2) is 4.98 Å². The van der Waals surface area contributed by atoms with E-state index < -0.39 is 0 Å². The van der Waals surface area contributed by atoms with E-state index in [0.29, 0.717) is 22.2 Å². The quantitative estimate of drug-likeness (QED) is 0.449. The van der Waals surface area contributed by atoms with Crippen molar-refractivity contribution in [3.05, 3.63) is 65.0 Å². The van der Waals surface area contributed by atoms with Crippen molar-refractivity contribution in [3.8, 4) is 0 Å². The molecule has 7 heteroatoms. The molecule has 2 aliphatic rings. The highest BCUT2D eigenvalue weighted by molar-refractivity contribution is 7.18. The van der Waals surface area contributed by atoms with Crippen LogP contribution in [0.5, 0.6) is 0 Å². The standard InChI is InChI=1S/C27H33N5OS/c28-26-25(24(33)19-20-7-3-1-4-8-20)34-27(30-26)29-21-9-11-22(12-10-21)32-17-13-23(14-18-32)31-15-5-2-6-16-31/h1,3-4,7-12,23H,2,5-6,13-19,28H2,(H,29,30). The number of nitrogens with one attached hydrogen (secondary N) is 1. The molecule has 0 spiro atoms. The molecule has 0 saturated carbocycles. The molecule has 2 aliphatic heterocycles. The van der Waals surface area contributed by atoms with E-state index in [0.717, 1.165) is 30.4 Å². The summed E-state index contributed by atoms with van der Waals surface area (Å²) in [6.07, 6.45) is 6.95. The zero-order valence-corrected chi connectivity index (χ0v) is 20.4. The Morgan fingerprint density at radius 3 is 2.38 bits per heavy atom. The predicted molar refractivity (Wildman–Crippen MR) is 141 cm³/mol. The fraction of sp³-hybridized carbons (Fsp3) is 0.407. The molecular formula is C27H33N5OS. The first-order chi connectivity index (χ1) is 16.7. The lowest BCUT2D eigenvalue weighted by atomic mass is 9.99. The second-order valence-corrected chi connectivity index (χ2v) is 10.3. The summed E-state index contributed by atoms with van der Waals surface area (Å²) in [5, 5.41) is 3.96. The first kappa shape index (κ1) is 22.9. The molecule has 3 heterocycles. The van der Waals surface area contributed by atoms with Crippen LogP contribution in [0.2, 0.25) is 0 Å². The number of anilines is 4. The number of rotatable bonds is 7. The van der Waals surface area contributed by atoms with Crippen molar-refractivity contribution >= 4 is 39.4 Å². The summed E-state index contributed by atoms with van der Waals surface area (Å²) in [6, 6.07) is 19.0. The number of likely N-dealkylation sites (tertiary alicyclic amines) is 1. The summed E-state index contributed by atoms with van der Waals surface area (Å²) in [5.41, 5.74) is 9.25. The molecule has 3 aromatic rings. The van der Waals surface area contributed by atoms with Crippen LogP contribution in [0.1, 0.15) is 47.3 Å². The lowest BCUT2D eigenvalue weighted by molar-refractivity contribution is 0.0997. The molecule has 2 fully saturated rings. The SMILES string of the molecule is Nc1nc(Nc2ccc(N3CCC(N4CCCCC4)CC3)cc2)sc1C(=O)Cc1ccccc1. The Kier molecular flexibility index (Phi) is 7.11. The van der Waals surface area contributed by atoms with Crippen LogP contribution in [-0.4, -0.2) is 47.9 Å². The number of thiazole rings is 1. The van der Waals surface area contributed by atoms with Crippen LogP contribution in [0, 0.1) is 0 Å². The lowest BCUT2D eigenvalue weighted by Gasteiger charge is -2.41. The smallest absolute Gasteiger partial charge is 0.189 e. The molecule has 3 N–H and O–H groups in total. The van der Waals surface area contributed by atoms with Gasteiger partial charge in [-0.3, -0.25) is 4.79 Å². The molecule has 0 radical (unpaired) electrons. The average molecular weight is 476 g/mol. The third-order valence-corrected chi connectivity index (χ3v) is 8.00. The zero-order chi connectivity index (χ0) is 23.3. The van der Waals surface area contributed by atoms with E-state index in [1.165, 1.54) is 62.2 Å². The molecule has 178 valence electrons. The Morgan fingerprint density at radius 1 is 0.971 bits per heavy atom. The summed E-state index contributed by atoms with van der Waals surface area (Å²) in [4.78, 5) is 22.8. The number of carbonyl (C=O) groups is 1. The van der Waals surface area contributed by atoms with E-state index in [2.05, 4.69) is 44.4 Å². The number of hydrogen-bond acceptors (Lipinski definition) is 7. The third-order valence-electron chi connectivity index (χ3n) is 6.97. The number of nitrogens with zero attached hydrogens (tertiary/aromatic N) is 3. The minimum Gasteiger partial charge on any atom is -0.382 e. The van der Waals surface area contributed by atoms with Gasteiger partial charge in [0.15, 0.2) is 10.9 Å². The normalized spacial score (nSPS) is 17.6. The molecule has 0 amide bonds. The Hall–Kier alpha value is -2.90. The summed E-state index contributed by atoms with van der Waals surface area (Å²) in [5.74, 6) is 0.291. The lowest BCUT2D eigenvalue weighted by Crippen LogP contribution is -2.46. The minimum absolute atomic E-state index is 0.00226. The fourth-order valence-corrected chi connectivity index (χ4v) is 5.94. The number of carbonyl (C=O) groups excluding carboxylic acids is 1. The van der Waals surface area contributed by atoms with Crippen LogP contribution < -0.4 is 16.0 Å². The number of Topliss-reactive ketones (excluding diaryl/α,β-unsaturated/α-hetero) is 1. The van der Waals surface area contributed by atoms with Gasteiger partial charge in [-0.2, -0.15) is 0 Å². The number of aromatic nitrogens is 1. The van der Waals surface area contributed by atoms with E-state index in [1.807, 2.05) is 30.3 Å². The van der Waals surface area contributed by atoms with Gasteiger partial charge in [0.2, 0.25) is 0 Å². The predicted octanol–water partition coefficient (Wildman–Crippen LogP) is 5.35. The van der Waals surface area contributed by atoms with Crippen molar-refractivity contribution in [2.75, 3.05) is 42.1 Å². The maximum Gasteiger partial charge on any atom is 0.189 e. The first-order valence-corrected chi connectivity index (χ1v) is 13.2. The first-order valence-electron chi connectivity index (χ1n) is 12.4. The molecular weight excluding hydrogens is 442 g/mol. The van der Waals surface area contributed by atoms with Gasteiger partial charge in [-0.05, 0) is 68.6 Å². The number of nitrogen functional groups attached to an aromatic ring is 1. The minimum atomic E-state index is -0.00226. The van der Waals surface area contributed by atoms with Gasteiger partial charge in [-0.1, -0.05) is 48.1 Å². The summed E-state index contributed by atoms with van der Waals surface area (Å²) in [7, 11) is 0. The molecule has 2 saturated heterocycles. The Bertz CT molecular complexity index is 1080. The molecule has 5 rings (SSSR count). The number of piperidine rings is 2. The highest BCUT2D eigenvalue weighted by atomic mass is 32.1. The van der Waals surface area contributed by atoms with E-state index >= 15 is 0 Å². The Labute approximate surface area is 205 Å².